The summed E-state index contributed by atoms with van der Waals surface area (Å²) < 4.78 is 0.583. The van der Waals surface area contributed by atoms with Crippen molar-refractivity contribution < 1.29 is 9.72 Å². The van der Waals surface area contributed by atoms with Crippen LogP contribution in [-0.4, -0.2) is 28.4 Å². The number of carbonyl (C=O) groups excluding carboxylic acids is 1. The molecule has 0 unspecified atom stereocenters. The highest BCUT2D eigenvalue weighted by atomic mass is 79.9. The first-order chi connectivity index (χ1) is 9.99. The molecule has 0 aliphatic heterocycles. The lowest BCUT2D eigenvalue weighted by molar-refractivity contribution is -0.385. The molecule has 0 radical (unpaired) electrons. The topological polar surface area (TPSA) is 97.2 Å². The molecular weight excluding hydrogens is 340 g/mol. The fourth-order valence-electron chi connectivity index (χ4n) is 1.86. The van der Waals surface area contributed by atoms with E-state index in [1.54, 1.807) is 6.92 Å². The Bertz CT molecular complexity index is 561. The standard InChI is InChI=1S/C13H17BrN4O3/c1-8-10(18(20)21)7-16-13(12(8)14)15-6-2-3-11(19)17-9-4-5-9/h7,9H,2-6H2,1H3,(H,15,16)(H,17,19). The number of halogens is 1. The van der Waals surface area contributed by atoms with Crippen LogP contribution in [0, 0.1) is 17.0 Å². The minimum Gasteiger partial charge on any atom is -0.369 e. The van der Waals surface area contributed by atoms with Gasteiger partial charge in [0.1, 0.15) is 12.0 Å². The number of nitrogens with one attached hydrogen (secondary N) is 2. The molecule has 1 aromatic rings. The Labute approximate surface area is 130 Å². The molecule has 7 nitrogen and oxygen atoms in total. The zero-order chi connectivity index (χ0) is 15.4. The van der Waals surface area contributed by atoms with Gasteiger partial charge in [0.05, 0.1) is 9.40 Å². The van der Waals surface area contributed by atoms with Crippen LogP contribution in [0.2, 0.25) is 0 Å². The van der Waals surface area contributed by atoms with Crippen molar-refractivity contribution in [1.29, 1.82) is 0 Å². The molecule has 1 heterocycles. The third-order valence-corrected chi connectivity index (χ3v) is 4.22. The Hall–Kier alpha value is -1.70. The molecule has 0 aromatic carbocycles. The third kappa shape index (κ3) is 4.38. The first-order valence-corrected chi connectivity index (χ1v) is 7.61. The monoisotopic (exact) mass is 356 g/mol. The van der Waals surface area contributed by atoms with Crippen LogP contribution in [-0.2, 0) is 4.79 Å². The Kier molecular flexibility index (Phi) is 5.11. The number of nitrogens with zero attached hydrogens (tertiary/aromatic N) is 2. The molecule has 114 valence electrons. The van der Waals surface area contributed by atoms with Crippen molar-refractivity contribution >= 4 is 33.3 Å². The molecule has 21 heavy (non-hydrogen) atoms. The lowest BCUT2D eigenvalue weighted by atomic mass is 10.2. The van der Waals surface area contributed by atoms with Gasteiger partial charge in [0.25, 0.3) is 5.69 Å². The molecule has 0 spiro atoms. The normalized spacial score (nSPS) is 13.8. The van der Waals surface area contributed by atoms with Crippen molar-refractivity contribution in [2.24, 2.45) is 0 Å². The summed E-state index contributed by atoms with van der Waals surface area (Å²) in [5.74, 6) is 0.631. The van der Waals surface area contributed by atoms with Crippen LogP contribution in [0.15, 0.2) is 10.7 Å². The first kappa shape index (κ1) is 15.7. The van der Waals surface area contributed by atoms with Crippen molar-refractivity contribution in [2.75, 3.05) is 11.9 Å². The summed E-state index contributed by atoms with van der Waals surface area (Å²) in [5, 5.41) is 16.8. The van der Waals surface area contributed by atoms with E-state index < -0.39 is 4.92 Å². The first-order valence-electron chi connectivity index (χ1n) is 6.81. The van der Waals surface area contributed by atoms with Gasteiger partial charge in [-0.25, -0.2) is 4.98 Å². The van der Waals surface area contributed by atoms with E-state index in [2.05, 4.69) is 31.5 Å². The van der Waals surface area contributed by atoms with Gasteiger partial charge in [-0.1, -0.05) is 0 Å². The zero-order valence-electron chi connectivity index (χ0n) is 11.7. The lowest BCUT2D eigenvalue weighted by Crippen LogP contribution is -2.25. The number of anilines is 1. The Morgan fingerprint density at radius 2 is 2.29 bits per heavy atom. The number of amides is 1. The molecule has 2 N–H and O–H groups in total. The molecule has 0 atom stereocenters. The van der Waals surface area contributed by atoms with Crippen LogP contribution in [0.1, 0.15) is 31.2 Å². The largest absolute Gasteiger partial charge is 0.369 e. The minimum absolute atomic E-state index is 0.0174. The molecule has 1 amide bonds. The highest BCUT2D eigenvalue weighted by Crippen LogP contribution is 2.30. The summed E-state index contributed by atoms with van der Waals surface area (Å²) in [5.41, 5.74) is 0.514. The molecule has 0 bridgehead atoms. The van der Waals surface area contributed by atoms with Gasteiger partial charge in [0.2, 0.25) is 5.91 Å². The highest BCUT2D eigenvalue weighted by molar-refractivity contribution is 9.10. The second-order valence-electron chi connectivity index (χ2n) is 5.06. The zero-order valence-corrected chi connectivity index (χ0v) is 13.3. The number of rotatable bonds is 7. The van der Waals surface area contributed by atoms with Crippen molar-refractivity contribution in [3.63, 3.8) is 0 Å². The smallest absolute Gasteiger partial charge is 0.291 e. The second kappa shape index (κ2) is 6.84. The van der Waals surface area contributed by atoms with Crippen LogP contribution in [0.3, 0.4) is 0 Å². The maximum Gasteiger partial charge on any atom is 0.291 e. The summed E-state index contributed by atoms with van der Waals surface area (Å²) in [6, 6.07) is 0.388. The molecule has 1 aromatic heterocycles. The van der Waals surface area contributed by atoms with E-state index in [9.17, 15) is 14.9 Å². The van der Waals surface area contributed by atoms with E-state index in [0.717, 1.165) is 12.8 Å². The van der Waals surface area contributed by atoms with Gasteiger partial charge >= 0.3 is 0 Å². The lowest BCUT2D eigenvalue weighted by Gasteiger charge is -2.09. The number of aromatic nitrogens is 1. The Balaban J connectivity index is 1.81. The van der Waals surface area contributed by atoms with E-state index in [0.29, 0.717) is 41.3 Å². The van der Waals surface area contributed by atoms with Crippen LogP contribution >= 0.6 is 15.9 Å². The van der Waals surface area contributed by atoms with E-state index in [4.69, 9.17) is 0 Å². The quantitative estimate of drug-likeness (QED) is 0.444. The van der Waals surface area contributed by atoms with Gasteiger partial charge in [-0.15, -0.1) is 0 Å². The number of hydrogen-bond acceptors (Lipinski definition) is 5. The average molecular weight is 357 g/mol. The van der Waals surface area contributed by atoms with Gasteiger partial charge in [0, 0.05) is 24.6 Å². The van der Waals surface area contributed by atoms with Gasteiger partial charge in [0.15, 0.2) is 0 Å². The predicted molar refractivity (Wildman–Crippen MR) is 82.2 cm³/mol. The van der Waals surface area contributed by atoms with Gasteiger partial charge in [-0.2, -0.15) is 0 Å². The predicted octanol–water partition coefficient (Wildman–Crippen LogP) is 2.53. The van der Waals surface area contributed by atoms with Gasteiger partial charge in [-0.3, -0.25) is 14.9 Å². The maximum atomic E-state index is 11.5. The number of nitro groups is 1. The maximum absolute atomic E-state index is 11.5. The van der Waals surface area contributed by atoms with Crippen molar-refractivity contribution in [2.45, 2.75) is 38.6 Å². The van der Waals surface area contributed by atoms with E-state index in [1.165, 1.54) is 6.20 Å². The summed E-state index contributed by atoms with van der Waals surface area (Å²) in [6.07, 6.45) is 4.56. The number of hydrogen-bond donors (Lipinski definition) is 2. The molecule has 1 aliphatic carbocycles. The fourth-order valence-corrected chi connectivity index (χ4v) is 2.31. The molecule has 2 rings (SSSR count). The summed E-state index contributed by atoms with van der Waals surface area (Å²) >= 11 is 3.31. The van der Waals surface area contributed by atoms with Gasteiger partial charge < -0.3 is 10.6 Å². The number of pyridine rings is 1. The highest BCUT2D eigenvalue weighted by Gasteiger charge is 2.22. The van der Waals surface area contributed by atoms with Crippen LogP contribution in [0.4, 0.5) is 11.5 Å². The Morgan fingerprint density at radius 1 is 1.57 bits per heavy atom. The van der Waals surface area contributed by atoms with Crippen LogP contribution in [0.25, 0.3) is 0 Å². The van der Waals surface area contributed by atoms with E-state index >= 15 is 0 Å². The molecule has 1 fully saturated rings. The number of carbonyl (C=O) groups is 1. The van der Waals surface area contributed by atoms with E-state index in [1.807, 2.05) is 0 Å². The molecular formula is C13H17BrN4O3. The van der Waals surface area contributed by atoms with Crippen molar-refractivity contribution in [3.8, 4) is 0 Å². The van der Waals surface area contributed by atoms with Crippen molar-refractivity contribution in [1.82, 2.24) is 10.3 Å². The minimum atomic E-state index is -0.459. The Morgan fingerprint density at radius 3 is 2.90 bits per heavy atom. The third-order valence-electron chi connectivity index (χ3n) is 3.25. The fraction of sp³-hybridized carbons (Fsp3) is 0.538. The molecule has 1 saturated carbocycles. The van der Waals surface area contributed by atoms with Crippen LogP contribution < -0.4 is 10.6 Å². The van der Waals surface area contributed by atoms with E-state index in [-0.39, 0.29) is 11.6 Å². The molecule has 1 aliphatic rings. The summed E-state index contributed by atoms with van der Waals surface area (Å²) in [7, 11) is 0. The SMILES string of the molecule is Cc1c([N+](=O)[O-])cnc(NCCCC(=O)NC2CC2)c1Br. The average Bonchev–Trinajstić information content (AvgIpc) is 3.22. The molecule has 8 heteroatoms. The summed E-state index contributed by atoms with van der Waals surface area (Å²) in [6.45, 7) is 2.25. The summed E-state index contributed by atoms with van der Waals surface area (Å²) in [4.78, 5) is 25.9. The van der Waals surface area contributed by atoms with Gasteiger partial charge in [-0.05, 0) is 42.1 Å². The second-order valence-corrected chi connectivity index (χ2v) is 5.85. The van der Waals surface area contributed by atoms with Crippen LogP contribution in [0.5, 0.6) is 0 Å². The molecule has 0 saturated heterocycles. The van der Waals surface area contributed by atoms with Crippen molar-refractivity contribution in [3.05, 3.63) is 26.3 Å².